The van der Waals surface area contributed by atoms with E-state index in [0.29, 0.717) is 0 Å². The van der Waals surface area contributed by atoms with Crippen LogP contribution in [0.2, 0.25) is 0 Å². The number of hydrogen-bond acceptors (Lipinski definition) is 2. The highest BCUT2D eigenvalue weighted by molar-refractivity contribution is 6.22. The van der Waals surface area contributed by atoms with E-state index in [-0.39, 0.29) is 5.41 Å². The molecule has 304 valence electrons. The van der Waals surface area contributed by atoms with E-state index < -0.39 is 0 Å². The molecule has 1 aliphatic carbocycles. The van der Waals surface area contributed by atoms with Crippen LogP contribution in [0, 0.1) is 0 Å². The zero-order valence-electron chi connectivity index (χ0n) is 35.9. The fourth-order valence-corrected chi connectivity index (χ4v) is 11.3. The number of fused-ring (bicyclic) bond motifs is 12. The first-order valence-corrected chi connectivity index (χ1v) is 22.6. The molecule has 0 aliphatic heterocycles. The van der Waals surface area contributed by atoms with E-state index in [1.807, 2.05) is 6.07 Å². The predicted molar refractivity (Wildman–Crippen MR) is 273 cm³/mol. The first-order valence-electron chi connectivity index (χ1n) is 22.6. The van der Waals surface area contributed by atoms with Gasteiger partial charge in [-0.2, -0.15) is 0 Å². The van der Waals surface area contributed by atoms with Gasteiger partial charge >= 0.3 is 0 Å². The minimum absolute atomic E-state index is 0.0731. The van der Waals surface area contributed by atoms with Gasteiger partial charge in [0, 0.05) is 32.5 Å². The van der Waals surface area contributed by atoms with Gasteiger partial charge in [-0.25, -0.2) is 0 Å². The van der Waals surface area contributed by atoms with Gasteiger partial charge in [-0.3, -0.25) is 0 Å². The van der Waals surface area contributed by atoms with Gasteiger partial charge in [0.1, 0.15) is 22.3 Å². The van der Waals surface area contributed by atoms with Crippen LogP contribution in [0.5, 0.6) is 0 Å². The summed E-state index contributed by atoms with van der Waals surface area (Å²) in [6.45, 7) is 4.72. The molecule has 2 aromatic heterocycles. The number of rotatable bonds is 4. The second kappa shape index (κ2) is 13.4. The number of furan rings is 2. The zero-order chi connectivity index (χ0) is 43.0. The minimum atomic E-state index is -0.0731. The van der Waals surface area contributed by atoms with Crippen molar-refractivity contribution in [1.82, 2.24) is 0 Å². The molecule has 2 nitrogen and oxygen atoms in total. The smallest absolute Gasteiger partial charge is 0.143 e. The van der Waals surface area contributed by atoms with E-state index in [0.717, 1.165) is 55.0 Å². The fourth-order valence-electron chi connectivity index (χ4n) is 11.3. The maximum atomic E-state index is 6.56. The highest BCUT2D eigenvalue weighted by atomic mass is 16.3. The number of para-hydroxylation sites is 2. The standard InChI is InChI=1S/C63H40O2/c1-63(2)55-28-25-39(33-51(55)52-32-37-13-3-4-14-38(37)36-56(52)63)40-26-29-58-53(34-40)54-35-43(27-30-59(54)64-58)61-48-20-7-5-18-46(48)60(47-19-6-8-21-49(47)61)42-16-11-15-41(31-42)44-22-12-23-50-45-17-9-10-24-57(45)65-62(44)50/h3-36H,1-2H3. The highest BCUT2D eigenvalue weighted by Gasteiger charge is 2.36. The molecule has 0 bridgehead atoms. The Hall–Kier alpha value is -8.20. The molecule has 13 aromatic rings. The van der Waals surface area contributed by atoms with Crippen molar-refractivity contribution in [2.75, 3.05) is 0 Å². The topological polar surface area (TPSA) is 26.3 Å². The van der Waals surface area contributed by atoms with Gasteiger partial charge in [0.15, 0.2) is 0 Å². The van der Waals surface area contributed by atoms with Crippen LogP contribution in [0.25, 0.3) is 132 Å². The second-order valence-corrected chi connectivity index (χ2v) is 18.4. The highest BCUT2D eigenvalue weighted by Crippen LogP contribution is 2.51. The van der Waals surface area contributed by atoms with Crippen molar-refractivity contribution in [3.63, 3.8) is 0 Å². The quantitative estimate of drug-likeness (QED) is 0.165. The Morgan fingerprint density at radius 3 is 1.52 bits per heavy atom. The Morgan fingerprint density at radius 2 is 0.800 bits per heavy atom. The summed E-state index contributed by atoms with van der Waals surface area (Å²) >= 11 is 0. The Labute approximate surface area is 375 Å². The van der Waals surface area contributed by atoms with Gasteiger partial charge in [0.2, 0.25) is 0 Å². The number of hydrogen-bond donors (Lipinski definition) is 0. The van der Waals surface area contributed by atoms with E-state index in [1.54, 1.807) is 0 Å². The third-order valence-electron chi connectivity index (χ3n) is 14.4. The lowest BCUT2D eigenvalue weighted by molar-refractivity contribution is 0.661. The summed E-state index contributed by atoms with van der Waals surface area (Å²) in [7, 11) is 0. The van der Waals surface area contributed by atoms with E-state index in [1.165, 1.54) is 88.0 Å². The van der Waals surface area contributed by atoms with Crippen molar-refractivity contribution in [2.24, 2.45) is 0 Å². The fraction of sp³-hybridized carbons (Fsp3) is 0.0476. The molecule has 0 saturated carbocycles. The molecular formula is C63H40O2. The molecule has 0 unspecified atom stereocenters. The van der Waals surface area contributed by atoms with Crippen molar-refractivity contribution in [1.29, 1.82) is 0 Å². The molecule has 0 fully saturated rings. The Kier molecular flexibility index (Phi) is 7.49. The first-order chi connectivity index (χ1) is 32.0. The summed E-state index contributed by atoms with van der Waals surface area (Å²) in [5.74, 6) is 0. The third kappa shape index (κ3) is 5.29. The van der Waals surface area contributed by atoms with Crippen LogP contribution in [0.1, 0.15) is 25.0 Å². The van der Waals surface area contributed by atoms with Crippen LogP contribution in [0.4, 0.5) is 0 Å². The molecule has 0 amide bonds. The van der Waals surface area contributed by atoms with E-state index in [4.69, 9.17) is 8.83 Å². The molecule has 14 rings (SSSR count). The van der Waals surface area contributed by atoms with Gasteiger partial charge in [-0.15, -0.1) is 0 Å². The molecule has 11 aromatic carbocycles. The van der Waals surface area contributed by atoms with Crippen LogP contribution in [0.15, 0.2) is 215 Å². The minimum Gasteiger partial charge on any atom is -0.456 e. The van der Waals surface area contributed by atoms with Crippen LogP contribution >= 0.6 is 0 Å². The average molecular weight is 829 g/mol. The Bertz CT molecular complexity index is 4100. The summed E-state index contributed by atoms with van der Waals surface area (Å²) in [6, 6.07) is 75.5. The van der Waals surface area contributed by atoms with Crippen molar-refractivity contribution in [2.45, 2.75) is 19.3 Å². The maximum Gasteiger partial charge on any atom is 0.143 e. The summed E-state index contributed by atoms with van der Waals surface area (Å²) in [5.41, 5.74) is 18.4. The van der Waals surface area contributed by atoms with E-state index in [9.17, 15) is 0 Å². The van der Waals surface area contributed by atoms with Gasteiger partial charge in [-0.05, 0) is 148 Å². The summed E-state index contributed by atoms with van der Waals surface area (Å²) in [4.78, 5) is 0. The molecule has 1 aliphatic rings. The maximum absolute atomic E-state index is 6.56. The monoisotopic (exact) mass is 828 g/mol. The molecular weight excluding hydrogens is 789 g/mol. The zero-order valence-corrected chi connectivity index (χ0v) is 35.9. The van der Waals surface area contributed by atoms with Crippen molar-refractivity contribution in [3.05, 3.63) is 217 Å². The molecule has 0 saturated heterocycles. The number of benzene rings is 11. The Balaban J connectivity index is 0.913. The lowest BCUT2D eigenvalue weighted by Crippen LogP contribution is -2.14. The predicted octanol–water partition coefficient (Wildman–Crippen LogP) is 17.9. The van der Waals surface area contributed by atoms with Gasteiger partial charge in [0.05, 0.1) is 0 Å². The Morgan fingerprint density at radius 1 is 0.292 bits per heavy atom. The van der Waals surface area contributed by atoms with Crippen LogP contribution in [-0.2, 0) is 5.41 Å². The van der Waals surface area contributed by atoms with Crippen molar-refractivity contribution >= 4 is 76.2 Å². The summed E-state index contributed by atoms with van der Waals surface area (Å²) in [5, 5.41) is 11.9. The average Bonchev–Trinajstić information content (AvgIpc) is 3.99. The van der Waals surface area contributed by atoms with Crippen LogP contribution in [-0.4, -0.2) is 0 Å². The van der Waals surface area contributed by atoms with Crippen LogP contribution in [0.3, 0.4) is 0 Å². The lowest BCUT2D eigenvalue weighted by atomic mass is 9.81. The van der Waals surface area contributed by atoms with Gasteiger partial charge in [-0.1, -0.05) is 166 Å². The molecule has 0 radical (unpaired) electrons. The normalized spacial score (nSPS) is 13.2. The van der Waals surface area contributed by atoms with Gasteiger partial charge in [0.25, 0.3) is 0 Å². The molecule has 65 heavy (non-hydrogen) atoms. The van der Waals surface area contributed by atoms with Crippen molar-refractivity contribution in [3.8, 4) is 55.6 Å². The van der Waals surface area contributed by atoms with E-state index >= 15 is 0 Å². The molecule has 2 heteroatoms. The SMILES string of the molecule is CC1(C)c2ccc(-c3ccc4oc5ccc(-c6c7ccccc7c(-c7cccc(-c8cccc9c8oc8ccccc89)c7)c7ccccc67)cc5c4c3)cc2-c2cc3ccccc3cc21. The third-order valence-corrected chi connectivity index (χ3v) is 14.4. The summed E-state index contributed by atoms with van der Waals surface area (Å²) < 4.78 is 13.1. The second-order valence-electron chi connectivity index (χ2n) is 18.4. The molecule has 2 heterocycles. The summed E-state index contributed by atoms with van der Waals surface area (Å²) in [6.07, 6.45) is 0. The largest absolute Gasteiger partial charge is 0.456 e. The lowest BCUT2D eigenvalue weighted by Gasteiger charge is -2.22. The van der Waals surface area contributed by atoms with Crippen molar-refractivity contribution < 1.29 is 8.83 Å². The van der Waals surface area contributed by atoms with Gasteiger partial charge < -0.3 is 8.83 Å². The molecule has 0 spiro atoms. The first kappa shape index (κ1) is 36.3. The van der Waals surface area contributed by atoms with Crippen LogP contribution < -0.4 is 0 Å². The molecule has 0 N–H and O–H groups in total. The molecule has 0 atom stereocenters. The van der Waals surface area contributed by atoms with E-state index in [2.05, 4.69) is 214 Å².